The van der Waals surface area contributed by atoms with E-state index in [4.69, 9.17) is 0 Å². The molecular formula is C18H24N4OS. The topological polar surface area (TPSA) is 69.5 Å². The molecule has 0 saturated carbocycles. The van der Waals surface area contributed by atoms with Crippen molar-refractivity contribution in [3.05, 3.63) is 60.4 Å². The van der Waals surface area contributed by atoms with Crippen LogP contribution in [0.1, 0.15) is 18.6 Å². The average Bonchev–Trinajstić information content (AvgIpc) is 2.64. The number of aliphatic imine (C=N–C) groups is 1. The van der Waals surface area contributed by atoms with Gasteiger partial charge in [0.1, 0.15) is 0 Å². The van der Waals surface area contributed by atoms with Crippen molar-refractivity contribution in [2.75, 3.05) is 25.4 Å². The highest BCUT2D eigenvalue weighted by Gasteiger charge is 2.06. The van der Waals surface area contributed by atoms with E-state index < -0.39 is 6.10 Å². The first-order valence-corrected chi connectivity index (χ1v) is 9.06. The van der Waals surface area contributed by atoms with Crippen molar-refractivity contribution in [3.8, 4) is 0 Å². The van der Waals surface area contributed by atoms with Crippen molar-refractivity contribution in [1.29, 1.82) is 0 Å². The van der Waals surface area contributed by atoms with E-state index in [0.717, 1.165) is 30.4 Å². The Morgan fingerprint density at radius 1 is 1.17 bits per heavy atom. The number of benzene rings is 1. The normalized spacial score (nSPS) is 12.7. The molecule has 6 heteroatoms. The lowest BCUT2D eigenvalue weighted by molar-refractivity contribution is 0.187. The monoisotopic (exact) mass is 344 g/mol. The maximum Gasteiger partial charge on any atom is 0.191 e. The lowest BCUT2D eigenvalue weighted by Gasteiger charge is -2.13. The molecule has 0 bridgehead atoms. The van der Waals surface area contributed by atoms with Crippen LogP contribution in [0.4, 0.5) is 0 Å². The highest BCUT2D eigenvalue weighted by atomic mass is 32.2. The van der Waals surface area contributed by atoms with Gasteiger partial charge in [-0.25, -0.2) is 0 Å². The van der Waals surface area contributed by atoms with Crippen LogP contribution in [0.2, 0.25) is 0 Å². The number of hydrogen-bond acceptors (Lipinski definition) is 4. The van der Waals surface area contributed by atoms with Crippen molar-refractivity contribution in [2.45, 2.75) is 17.9 Å². The molecule has 128 valence electrons. The van der Waals surface area contributed by atoms with Gasteiger partial charge in [0.2, 0.25) is 0 Å². The fraction of sp³-hybridized carbons (Fsp3) is 0.333. The summed E-state index contributed by atoms with van der Waals surface area (Å²) in [6.45, 7) is 3.92. The first-order chi connectivity index (χ1) is 11.8. The quantitative estimate of drug-likeness (QED) is 0.297. The van der Waals surface area contributed by atoms with Crippen molar-refractivity contribution < 1.29 is 5.11 Å². The summed E-state index contributed by atoms with van der Waals surface area (Å²) in [4.78, 5) is 9.66. The third kappa shape index (κ3) is 6.60. The maximum absolute atomic E-state index is 10.2. The molecule has 0 aliphatic heterocycles. The largest absolute Gasteiger partial charge is 0.386 e. The summed E-state index contributed by atoms with van der Waals surface area (Å²) in [5.74, 6) is 1.67. The molecule has 1 aromatic heterocycles. The van der Waals surface area contributed by atoms with Gasteiger partial charge in [-0.15, -0.1) is 11.8 Å². The molecule has 0 aliphatic carbocycles. The van der Waals surface area contributed by atoms with Gasteiger partial charge in [-0.1, -0.05) is 18.2 Å². The van der Waals surface area contributed by atoms with Crippen molar-refractivity contribution in [2.24, 2.45) is 4.99 Å². The Kier molecular flexibility index (Phi) is 8.13. The van der Waals surface area contributed by atoms with Crippen LogP contribution < -0.4 is 10.6 Å². The second-order valence-electron chi connectivity index (χ2n) is 5.10. The number of thioether (sulfide) groups is 1. The van der Waals surface area contributed by atoms with Gasteiger partial charge in [0.15, 0.2) is 5.96 Å². The minimum atomic E-state index is -0.623. The van der Waals surface area contributed by atoms with Crippen LogP contribution in [0.5, 0.6) is 0 Å². The lowest BCUT2D eigenvalue weighted by Crippen LogP contribution is -2.38. The predicted molar refractivity (Wildman–Crippen MR) is 100 cm³/mol. The molecule has 0 aliphatic rings. The van der Waals surface area contributed by atoms with Gasteiger partial charge in [-0.2, -0.15) is 0 Å². The summed E-state index contributed by atoms with van der Waals surface area (Å²) >= 11 is 1.80. The first kappa shape index (κ1) is 18.3. The van der Waals surface area contributed by atoms with Gasteiger partial charge in [-0.05, 0) is 36.8 Å². The number of aliphatic hydroxyl groups excluding tert-OH is 1. The molecule has 1 unspecified atom stereocenters. The number of pyridine rings is 1. The van der Waals surface area contributed by atoms with Crippen LogP contribution >= 0.6 is 11.8 Å². The summed E-state index contributed by atoms with van der Waals surface area (Å²) in [6, 6.07) is 13.9. The molecule has 0 fully saturated rings. The zero-order chi connectivity index (χ0) is 17.0. The van der Waals surface area contributed by atoms with Crippen molar-refractivity contribution in [3.63, 3.8) is 0 Å². The fourth-order valence-electron chi connectivity index (χ4n) is 2.07. The zero-order valence-corrected chi connectivity index (χ0v) is 14.7. The summed E-state index contributed by atoms with van der Waals surface area (Å²) in [7, 11) is 0. The van der Waals surface area contributed by atoms with Crippen molar-refractivity contribution >= 4 is 17.7 Å². The Balaban J connectivity index is 1.78. The minimum Gasteiger partial charge on any atom is -0.386 e. The molecule has 5 nitrogen and oxygen atoms in total. The second-order valence-corrected chi connectivity index (χ2v) is 6.27. The van der Waals surface area contributed by atoms with Crippen molar-refractivity contribution in [1.82, 2.24) is 15.6 Å². The fourth-order valence-corrected chi connectivity index (χ4v) is 2.85. The molecule has 1 atom stereocenters. The van der Waals surface area contributed by atoms with Gasteiger partial charge in [0.05, 0.1) is 12.6 Å². The van der Waals surface area contributed by atoms with E-state index in [0.29, 0.717) is 6.54 Å². The van der Waals surface area contributed by atoms with Gasteiger partial charge in [0, 0.05) is 36.1 Å². The van der Waals surface area contributed by atoms with Crippen LogP contribution in [-0.2, 0) is 0 Å². The van der Waals surface area contributed by atoms with Crippen LogP contribution in [0, 0.1) is 0 Å². The number of nitrogens with zero attached hydrogens (tertiary/aromatic N) is 2. The summed E-state index contributed by atoms with van der Waals surface area (Å²) in [5, 5.41) is 16.6. The molecule has 2 rings (SSSR count). The third-order valence-electron chi connectivity index (χ3n) is 3.26. The molecule has 3 N–H and O–H groups in total. The summed E-state index contributed by atoms with van der Waals surface area (Å²) in [5.41, 5.74) is 0.823. The SMILES string of the molecule is CCNC(=NCC(O)c1ccncc1)NCCSc1ccccc1. The summed E-state index contributed by atoms with van der Waals surface area (Å²) < 4.78 is 0. The molecule has 24 heavy (non-hydrogen) atoms. The summed E-state index contributed by atoms with van der Waals surface area (Å²) in [6.07, 6.45) is 2.72. The Labute approximate surface area is 147 Å². The molecule has 0 amide bonds. The molecule has 1 aromatic carbocycles. The lowest BCUT2D eigenvalue weighted by atomic mass is 10.1. The number of rotatable bonds is 8. The van der Waals surface area contributed by atoms with Crippen LogP contribution in [-0.4, -0.2) is 41.4 Å². The Morgan fingerprint density at radius 2 is 1.92 bits per heavy atom. The molecule has 2 aromatic rings. The third-order valence-corrected chi connectivity index (χ3v) is 4.28. The van der Waals surface area contributed by atoms with Crippen LogP contribution in [0.15, 0.2) is 64.7 Å². The smallest absolute Gasteiger partial charge is 0.191 e. The maximum atomic E-state index is 10.2. The van der Waals surface area contributed by atoms with E-state index in [9.17, 15) is 5.11 Å². The standard InChI is InChI=1S/C18H24N4OS/c1-2-20-18(21-12-13-24-16-6-4-3-5-7-16)22-14-17(23)15-8-10-19-11-9-15/h3-11,17,23H,2,12-14H2,1H3,(H2,20,21,22). The zero-order valence-electron chi connectivity index (χ0n) is 13.9. The van der Waals surface area contributed by atoms with E-state index in [1.165, 1.54) is 4.90 Å². The van der Waals surface area contributed by atoms with Crippen LogP contribution in [0.25, 0.3) is 0 Å². The van der Waals surface area contributed by atoms with E-state index in [1.54, 1.807) is 36.3 Å². The van der Waals surface area contributed by atoms with Gasteiger partial charge < -0.3 is 15.7 Å². The Morgan fingerprint density at radius 3 is 2.62 bits per heavy atom. The molecule has 0 radical (unpaired) electrons. The van der Waals surface area contributed by atoms with Gasteiger partial charge in [0.25, 0.3) is 0 Å². The molecule has 0 spiro atoms. The minimum absolute atomic E-state index is 0.311. The number of aliphatic hydroxyl groups is 1. The Bertz CT molecular complexity index is 607. The average molecular weight is 344 g/mol. The van der Waals surface area contributed by atoms with E-state index in [2.05, 4.69) is 32.7 Å². The van der Waals surface area contributed by atoms with E-state index >= 15 is 0 Å². The number of hydrogen-bond donors (Lipinski definition) is 3. The number of aromatic nitrogens is 1. The highest BCUT2D eigenvalue weighted by molar-refractivity contribution is 7.99. The second kappa shape index (κ2) is 10.7. The predicted octanol–water partition coefficient (Wildman–Crippen LogP) is 2.46. The Hall–Kier alpha value is -2.05. The molecule has 0 saturated heterocycles. The molecular weight excluding hydrogens is 320 g/mol. The number of guanidine groups is 1. The van der Waals surface area contributed by atoms with E-state index in [-0.39, 0.29) is 0 Å². The van der Waals surface area contributed by atoms with Gasteiger partial charge in [-0.3, -0.25) is 9.98 Å². The van der Waals surface area contributed by atoms with Gasteiger partial charge >= 0.3 is 0 Å². The van der Waals surface area contributed by atoms with E-state index in [1.807, 2.05) is 25.1 Å². The first-order valence-electron chi connectivity index (χ1n) is 8.07. The highest BCUT2D eigenvalue weighted by Crippen LogP contribution is 2.15. The molecule has 1 heterocycles. The van der Waals surface area contributed by atoms with Crippen LogP contribution in [0.3, 0.4) is 0 Å². The number of nitrogens with one attached hydrogen (secondary N) is 2.